The van der Waals surface area contributed by atoms with Crippen molar-refractivity contribution >= 4 is 26.8 Å². The van der Waals surface area contributed by atoms with E-state index in [2.05, 4.69) is 9.71 Å². The second kappa shape index (κ2) is 8.53. The predicted octanol–water partition coefficient (Wildman–Crippen LogP) is 3.65. The molecular formula is C23H25N3O3S. The molecule has 2 heterocycles. The molecule has 0 unspecified atom stereocenters. The summed E-state index contributed by atoms with van der Waals surface area (Å²) in [5, 5.41) is 0.784. The molecule has 1 amide bonds. The maximum absolute atomic E-state index is 12.9. The molecule has 3 aromatic rings. The summed E-state index contributed by atoms with van der Waals surface area (Å²) in [5.74, 6) is 0.00744. The number of carbonyl (C=O) groups excluding carboxylic acids is 1. The number of aromatic nitrogens is 1. The number of piperidine rings is 1. The average molecular weight is 424 g/mol. The number of amides is 1. The minimum Gasteiger partial charge on any atom is -0.339 e. The first-order valence-corrected chi connectivity index (χ1v) is 11.7. The van der Waals surface area contributed by atoms with Crippen LogP contribution in [0.4, 0.5) is 0 Å². The van der Waals surface area contributed by atoms with Gasteiger partial charge in [0, 0.05) is 36.8 Å². The monoisotopic (exact) mass is 423 g/mol. The van der Waals surface area contributed by atoms with Gasteiger partial charge in [0.2, 0.25) is 10.0 Å². The highest BCUT2D eigenvalue weighted by atomic mass is 32.2. The van der Waals surface area contributed by atoms with Gasteiger partial charge in [0.1, 0.15) is 4.90 Å². The van der Waals surface area contributed by atoms with Crippen molar-refractivity contribution in [3.8, 4) is 0 Å². The fourth-order valence-electron chi connectivity index (χ4n) is 3.81. The summed E-state index contributed by atoms with van der Waals surface area (Å²) in [6, 6.07) is 14.2. The van der Waals surface area contributed by atoms with E-state index in [0.717, 1.165) is 48.9 Å². The molecule has 2 aromatic carbocycles. The second-order valence-corrected chi connectivity index (χ2v) is 9.45. The Hall–Kier alpha value is -2.77. The number of sulfonamides is 1. The molecule has 1 aromatic heterocycles. The SMILES string of the molecule is Cc1cnc2c(S(=O)(=O)NCc3cccc(C(=O)N4CCCCC4)c3)cccc2c1. The maximum Gasteiger partial charge on any atom is 0.253 e. The van der Waals surface area contributed by atoms with Crippen LogP contribution in [-0.4, -0.2) is 37.3 Å². The standard InChI is InChI=1S/C23H25N3O3S/c1-17-13-19-8-6-10-21(22(19)24-15-17)30(28,29)25-16-18-7-5-9-20(14-18)23(27)26-11-3-2-4-12-26/h5-10,13-15,25H,2-4,11-12,16H2,1H3. The highest BCUT2D eigenvalue weighted by Gasteiger charge is 2.20. The van der Waals surface area contributed by atoms with Gasteiger partial charge in [0.25, 0.3) is 5.91 Å². The lowest BCUT2D eigenvalue weighted by molar-refractivity contribution is 0.0724. The Morgan fingerprint density at radius 1 is 1.07 bits per heavy atom. The molecule has 156 valence electrons. The lowest BCUT2D eigenvalue weighted by Gasteiger charge is -2.26. The van der Waals surface area contributed by atoms with E-state index in [9.17, 15) is 13.2 Å². The zero-order chi connectivity index (χ0) is 21.1. The molecule has 1 aliphatic rings. The van der Waals surface area contributed by atoms with Gasteiger partial charge in [-0.15, -0.1) is 0 Å². The number of fused-ring (bicyclic) bond motifs is 1. The number of nitrogens with one attached hydrogen (secondary N) is 1. The van der Waals surface area contributed by atoms with Gasteiger partial charge in [-0.25, -0.2) is 13.1 Å². The van der Waals surface area contributed by atoms with Gasteiger partial charge in [-0.3, -0.25) is 9.78 Å². The number of nitrogens with zero attached hydrogens (tertiary/aromatic N) is 2. The van der Waals surface area contributed by atoms with Crippen molar-refractivity contribution in [2.45, 2.75) is 37.6 Å². The quantitative estimate of drug-likeness (QED) is 0.679. The van der Waals surface area contributed by atoms with E-state index in [-0.39, 0.29) is 17.3 Å². The molecule has 0 radical (unpaired) electrons. The summed E-state index contributed by atoms with van der Waals surface area (Å²) in [7, 11) is -3.76. The molecular weight excluding hydrogens is 398 g/mol. The molecule has 30 heavy (non-hydrogen) atoms. The molecule has 1 saturated heterocycles. The number of likely N-dealkylation sites (tertiary alicyclic amines) is 1. The number of hydrogen-bond acceptors (Lipinski definition) is 4. The van der Waals surface area contributed by atoms with Gasteiger partial charge in [-0.1, -0.05) is 24.3 Å². The Balaban J connectivity index is 1.53. The molecule has 1 fully saturated rings. The third-order valence-electron chi connectivity index (χ3n) is 5.38. The zero-order valence-electron chi connectivity index (χ0n) is 17.0. The Kier molecular flexibility index (Phi) is 5.83. The van der Waals surface area contributed by atoms with Crippen molar-refractivity contribution in [2.24, 2.45) is 0 Å². The van der Waals surface area contributed by atoms with Crippen LogP contribution in [0, 0.1) is 6.92 Å². The topological polar surface area (TPSA) is 79.4 Å². The Morgan fingerprint density at radius 3 is 2.63 bits per heavy atom. The Morgan fingerprint density at radius 2 is 1.83 bits per heavy atom. The number of hydrogen-bond donors (Lipinski definition) is 1. The fraction of sp³-hybridized carbons (Fsp3) is 0.304. The molecule has 0 bridgehead atoms. The number of pyridine rings is 1. The van der Waals surface area contributed by atoms with E-state index in [0.29, 0.717) is 11.1 Å². The van der Waals surface area contributed by atoms with Crippen molar-refractivity contribution in [3.05, 3.63) is 71.4 Å². The summed E-state index contributed by atoms with van der Waals surface area (Å²) in [6.45, 7) is 3.59. The van der Waals surface area contributed by atoms with E-state index in [4.69, 9.17) is 0 Å². The number of aryl methyl sites for hydroxylation is 1. The summed E-state index contributed by atoms with van der Waals surface area (Å²) >= 11 is 0. The maximum atomic E-state index is 12.9. The third kappa shape index (κ3) is 4.37. The van der Waals surface area contributed by atoms with Crippen LogP contribution in [0.2, 0.25) is 0 Å². The third-order valence-corrected chi connectivity index (χ3v) is 6.82. The highest BCUT2D eigenvalue weighted by molar-refractivity contribution is 7.89. The van der Waals surface area contributed by atoms with Crippen LogP contribution in [0.1, 0.15) is 40.7 Å². The van der Waals surface area contributed by atoms with E-state index >= 15 is 0 Å². The lowest BCUT2D eigenvalue weighted by atomic mass is 10.1. The summed E-state index contributed by atoms with van der Waals surface area (Å²) < 4.78 is 28.5. The van der Waals surface area contributed by atoms with Crippen LogP contribution in [0.5, 0.6) is 0 Å². The van der Waals surface area contributed by atoms with Crippen LogP contribution in [0.3, 0.4) is 0 Å². The molecule has 0 spiro atoms. The molecule has 6 nitrogen and oxygen atoms in total. The van der Waals surface area contributed by atoms with E-state index < -0.39 is 10.0 Å². The van der Waals surface area contributed by atoms with Gasteiger partial charge >= 0.3 is 0 Å². The summed E-state index contributed by atoms with van der Waals surface area (Å²) in [6.07, 6.45) is 4.89. The Labute approximate surface area is 177 Å². The van der Waals surface area contributed by atoms with Crippen molar-refractivity contribution < 1.29 is 13.2 Å². The molecule has 7 heteroatoms. The van der Waals surface area contributed by atoms with Crippen LogP contribution in [0.15, 0.2) is 59.6 Å². The van der Waals surface area contributed by atoms with Crippen LogP contribution in [0.25, 0.3) is 10.9 Å². The normalized spacial score (nSPS) is 14.8. The van der Waals surface area contributed by atoms with Gasteiger partial charge in [0.15, 0.2) is 0 Å². The first kappa shape index (κ1) is 20.5. The molecule has 0 atom stereocenters. The number of rotatable bonds is 5. The van der Waals surface area contributed by atoms with Gasteiger partial charge in [-0.2, -0.15) is 0 Å². The Bertz CT molecular complexity index is 1190. The van der Waals surface area contributed by atoms with E-state index in [1.807, 2.05) is 30.0 Å². The minimum absolute atomic E-state index is 0.00744. The van der Waals surface area contributed by atoms with Crippen molar-refractivity contribution in [1.29, 1.82) is 0 Å². The lowest BCUT2D eigenvalue weighted by Crippen LogP contribution is -2.35. The van der Waals surface area contributed by atoms with Crippen LogP contribution >= 0.6 is 0 Å². The molecule has 1 aliphatic heterocycles. The molecule has 1 N–H and O–H groups in total. The van der Waals surface area contributed by atoms with Gasteiger partial charge < -0.3 is 4.90 Å². The number of carbonyl (C=O) groups is 1. The first-order chi connectivity index (χ1) is 14.4. The number of para-hydroxylation sites is 1. The smallest absolute Gasteiger partial charge is 0.253 e. The fourth-order valence-corrected chi connectivity index (χ4v) is 5.00. The summed E-state index contributed by atoms with van der Waals surface area (Å²) in [5.41, 5.74) is 2.76. The predicted molar refractivity (Wildman–Crippen MR) is 117 cm³/mol. The summed E-state index contributed by atoms with van der Waals surface area (Å²) in [4.78, 5) is 19.1. The second-order valence-electron chi connectivity index (χ2n) is 7.72. The largest absolute Gasteiger partial charge is 0.339 e. The van der Waals surface area contributed by atoms with Crippen LogP contribution < -0.4 is 4.72 Å². The van der Waals surface area contributed by atoms with Crippen molar-refractivity contribution in [1.82, 2.24) is 14.6 Å². The van der Waals surface area contributed by atoms with E-state index in [1.54, 1.807) is 36.5 Å². The van der Waals surface area contributed by atoms with Gasteiger partial charge in [0.05, 0.1) is 5.52 Å². The van der Waals surface area contributed by atoms with Crippen molar-refractivity contribution in [3.63, 3.8) is 0 Å². The molecule has 4 rings (SSSR count). The van der Waals surface area contributed by atoms with Crippen LogP contribution in [-0.2, 0) is 16.6 Å². The molecule has 0 aliphatic carbocycles. The number of benzene rings is 2. The highest BCUT2D eigenvalue weighted by Crippen LogP contribution is 2.22. The van der Waals surface area contributed by atoms with E-state index in [1.165, 1.54) is 0 Å². The first-order valence-electron chi connectivity index (χ1n) is 10.2. The zero-order valence-corrected chi connectivity index (χ0v) is 17.8. The molecule has 0 saturated carbocycles. The van der Waals surface area contributed by atoms with Crippen molar-refractivity contribution in [2.75, 3.05) is 13.1 Å². The average Bonchev–Trinajstić information content (AvgIpc) is 2.77. The minimum atomic E-state index is -3.76. The van der Waals surface area contributed by atoms with Gasteiger partial charge in [-0.05, 0) is 61.6 Å².